The minimum absolute atomic E-state index is 0.200. The maximum Gasteiger partial charge on any atom is 0.311 e. The van der Waals surface area contributed by atoms with Gasteiger partial charge in [0.25, 0.3) is 0 Å². The van der Waals surface area contributed by atoms with E-state index in [2.05, 4.69) is 13.8 Å². The molecular formula is C30H44O4. The number of carbonyl (C=O) groups is 2. The fourth-order valence-corrected chi connectivity index (χ4v) is 4.27. The second-order valence-electron chi connectivity index (χ2n) is 9.55. The van der Waals surface area contributed by atoms with E-state index in [-0.39, 0.29) is 11.9 Å². The highest BCUT2D eigenvalue weighted by Crippen LogP contribution is 2.37. The van der Waals surface area contributed by atoms with E-state index in [1.165, 1.54) is 51.4 Å². The minimum Gasteiger partial charge on any atom is -0.426 e. The quantitative estimate of drug-likeness (QED) is 0.140. The fraction of sp³-hybridized carbons (Fsp3) is 0.600. The number of esters is 2. The number of unbranched alkanes of at least 4 members (excludes halogenated alkanes) is 10. The van der Waals surface area contributed by atoms with Crippen LogP contribution in [0.3, 0.4) is 0 Å². The van der Waals surface area contributed by atoms with E-state index in [1.54, 1.807) is 0 Å². The zero-order valence-corrected chi connectivity index (χ0v) is 21.8. The lowest BCUT2D eigenvalue weighted by atomic mass is 10.0. The molecule has 0 saturated heterocycles. The van der Waals surface area contributed by atoms with E-state index in [1.807, 2.05) is 38.1 Å². The third-order valence-corrected chi connectivity index (χ3v) is 6.30. The third kappa shape index (κ3) is 9.48. The maximum absolute atomic E-state index is 12.5. The van der Waals surface area contributed by atoms with Crippen molar-refractivity contribution in [3.8, 4) is 11.5 Å². The first kappa shape index (κ1) is 27.9. The summed E-state index contributed by atoms with van der Waals surface area (Å²) >= 11 is 0. The molecule has 34 heavy (non-hydrogen) atoms. The highest BCUT2D eigenvalue weighted by Gasteiger charge is 2.17. The summed E-state index contributed by atoms with van der Waals surface area (Å²) in [6, 6.07) is 7.76. The van der Waals surface area contributed by atoms with Gasteiger partial charge in [-0.1, -0.05) is 95.8 Å². The van der Waals surface area contributed by atoms with Gasteiger partial charge in [-0.25, -0.2) is 0 Å². The number of rotatable bonds is 16. The highest BCUT2D eigenvalue weighted by molar-refractivity contribution is 5.97. The van der Waals surface area contributed by atoms with Crippen molar-refractivity contribution in [3.63, 3.8) is 0 Å². The van der Waals surface area contributed by atoms with Crippen molar-refractivity contribution in [3.05, 3.63) is 35.4 Å². The number of fused-ring (bicyclic) bond motifs is 1. The lowest BCUT2D eigenvalue weighted by Crippen LogP contribution is -2.11. The van der Waals surface area contributed by atoms with E-state index in [9.17, 15) is 9.59 Å². The molecule has 0 N–H and O–H groups in total. The van der Waals surface area contributed by atoms with Crippen LogP contribution in [0.1, 0.15) is 115 Å². The van der Waals surface area contributed by atoms with Crippen molar-refractivity contribution in [1.82, 2.24) is 0 Å². The molecule has 0 fully saturated rings. The summed E-state index contributed by atoms with van der Waals surface area (Å²) in [5.74, 6) is 0.711. The Morgan fingerprint density at radius 3 is 1.76 bits per heavy atom. The third-order valence-electron chi connectivity index (χ3n) is 6.30. The average Bonchev–Trinajstić information content (AvgIpc) is 2.81. The van der Waals surface area contributed by atoms with Crippen LogP contribution in [-0.4, -0.2) is 11.9 Å². The van der Waals surface area contributed by atoms with Crippen LogP contribution in [0.5, 0.6) is 11.5 Å². The van der Waals surface area contributed by atoms with E-state index in [4.69, 9.17) is 9.47 Å². The van der Waals surface area contributed by atoms with E-state index in [0.29, 0.717) is 24.3 Å². The van der Waals surface area contributed by atoms with Gasteiger partial charge < -0.3 is 9.47 Å². The Kier molecular flexibility index (Phi) is 12.7. The smallest absolute Gasteiger partial charge is 0.311 e. The lowest BCUT2D eigenvalue weighted by molar-refractivity contribution is -0.135. The van der Waals surface area contributed by atoms with Crippen LogP contribution >= 0.6 is 0 Å². The normalized spacial score (nSPS) is 11.1. The predicted octanol–water partition coefficient (Wildman–Crippen LogP) is 8.77. The van der Waals surface area contributed by atoms with Gasteiger partial charge in [0, 0.05) is 23.6 Å². The molecule has 0 spiro atoms. The molecular weight excluding hydrogens is 424 g/mol. The Balaban J connectivity index is 2.03. The van der Waals surface area contributed by atoms with Gasteiger partial charge in [0.2, 0.25) is 0 Å². The lowest BCUT2D eigenvalue weighted by Gasteiger charge is -2.15. The average molecular weight is 469 g/mol. The first-order chi connectivity index (χ1) is 16.5. The van der Waals surface area contributed by atoms with Gasteiger partial charge in [-0.15, -0.1) is 0 Å². The monoisotopic (exact) mass is 468 g/mol. The van der Waals surface area contributed by atoms with Crippen LogP contribution in [0.2, 0.25) is 0 Å². The van der Waals surface area contributed by atoms with Crippen LogP contribution in [0.4, 0.5) is 0 Å². The summed E-state index contributed by atoms with van der Waals surface area (Å²) in [7, 11) is 0. The van der Waals surface area contributed by atoms with Gasteiger partial charge in [-0.05, 0) is 44.4 Å². The first-order valence-electron chi connectivity index (χ1n) is 13.4. The zero-order valence-electron chi connectivity index (χ0n) is 21.8. The molecule has 0 saturated carbocycles. The van der Waals surface area contributed by atoms with Gasteiger partial charge >= 0.3 is 11.9 Å². The fourth-order valence-electron chi connectivity index (χ4n) is 4.27. The maximum atomic E-state index is 12.5. The summed E-state index contributed by atoms with van der Waals surface area (Å²) in [4.78, 5) is 25.0. The molecule has 2 rings (SSSR count). The topological polar surface area (TPSA) is 52.6 Å². The Bertz CT molecular complexity index is 916. The molecule has 0 aliphatic carbocycles. The number of aryl methyl sites for hydroxylation is 2. The Morgan fingerprint density at radius 1 is 0.647 bits per heavy atom. The summed E-state index contributed by atoms with van der Waals surface area (Å²) in [6.45, 7) is 8.31. The molecule has 188 valence electrons. The van der Waals surface area contributed by atoms with Crippen molar-refractivity contribution >= 4 is 22.7 Å². The van der Waals surface area contributed by atoms with Gasteiger partial charge in [0.1, 0.15) is 11.5 Å². The second-order valence-corrected chi connectivity index (χ2v) is 9.55. The van der Waals surface area contributed by atoms with E-state index >= 15 is 0 Å². The molecule has 0 unspecified atom stereocenters. The minimum atomic E-state index is -0.204. The number of carbonyl (C=O) groups excluding carboxylic acids is 2. The molecule has 4 heteroatoms. The summed E-state index contributed by atoms with van der Waals surface area (Å²) in [6.07, 6.45) is 14.4. The molecule has 2 aromatic carbocycles. The van der Waals surface area contributed by atoms with E-state index in [0.717, 1.165) is 47.6 Å². The van der Waals surface area contributed by atoms with Gasteiger partial charge in [0.05, 0.1) is 0 Å². The number of hydrogen-bond donors (Lipinski definition) is 0. The molecule has 0 radical (unpaired) electrons. The molecule has 0 amide bonds. The second kappa shape index (κ2) is 15.5. The molecule has 0 aromatic heterocycles. The number of ether oxygens (including phenoxy) is 2. The molecule has 2 aromatic rings. The SMILES string of the molecule is CCCCCCCCC(=O)Oc1cc(C)c(OC(=O)CCCCCCCC)c2cc(C)ccc12. The first-order valence-corrected chi connectivity index (χ1v) is 13.4. The number of benzene rings is 2. The van der Waals surface area contributed by atoms with Crippen molar-refractivity contribution in [2.75, 3.05) is 0 Å². The Morgan fingerprint density at radius 2 is 1.18 bits per heavy atom. The largest absolute Gasteiger partial charge is 0.426 e. The molecule has 0 atom stereocenters. The standard InChI is InChI=1S/C30H44O4/c1-5-7-9-11-13-15-17-28(31)33-27-22-24(4)30(26-21-23(3)19-20-25(26)27)34-29(32)18-16-14-12-10-8-6-2/h19-22H,5-18H2,1-4H3. The van der Waals surface area contributed by atoms with Crippen molar-refractivity contribution < 1.29 is 19.1 Å². The van der Waals surface area contributed by atoms with Gasteiger partial charge in [-0.3, -0.25) is 9.59 Å². The highest BCUT2D eigenvalue weighted by atomic mass is 16.5. The van der Waals surface area contributed by atoms with Crippen molar-refractivity contribution in [2.45, 2.75) is 118 Å². The molecule has 0 bridgehead atoms. The molecule has 0 aliphatic heterocycles. The predicted molar refractivity (Wildman–Crippen MR) is 141 cm³/mol. The molecule has 4 nitrogen and oxygen atoms in total. The van der Waals surface area contributed by atoms with Crippen molar-refractivity contribution in [2.24, 2.45) is 0 Å². The summed E-state index contributed by atoms with van der Waals surface area (Å²) in [5.41, 5.74) is 1.87. The zero-order chi connectivity index (χ0) is 24.8. The van der Waals surface area contributed by atoms with E-state index < -0.39 is 0 Å². The van der Waals surface area contributed by atoms with Crippen molar-refractivity contribution in [1.29, 1.82) is 0 Å². The molecule has 0 heterocycles. The van der Waals surface area contributed by atoms with Crippen LogP contribution in [0.15, 0.2) is 24.3 Å². The van der Waals surface area contributed by atoms with Crippen LogP contribution in [-0.2, 0) is 9.59 Å². The summed E-state index contributed by atoms with van der Waals surface area (Å²) < 4.78 is 11.6. The van der Waals surface area contributed by atoms with Gasteiger partial charge in [-0.2, -0.15) is 0 Å². The van der Waals surface area contributed by atoms with Crippen LogP contribution < -0.4 is 9.47 Å². The van der Waals surface area contributed by atoms with Crippen LogP contribution in [0.25, 0.3) is 10.8 Å². The van der Waals surface area contributed by atoms with Gasteiger partial charge in [0.15, 0.2) is 0 Å². The summed E-state index contributed by atoms with van der Waals surface area (Å²) in [5, 5.41) is 1.62. The molecule has 0 aliphatic rings. The Labute approximate surface area is 206 Å². The van der Waals surface area contributed by atoms with Crippen LogP contribution in [0, 0.1) is 13.8 Å². The number of hydrogen-bond acceptors (Lipinski definition) is 4. The Hall–Kier alpha value is -2.36.